The first kappa shape index (κ1) is 15.4. The van der Waals surface area contributed by atoms with Crippen LogP contribution < -0.4 is 4.90 Å². The highest BCUT2D eigenvalue weighted by Crippen LogP contribution is 2.33. The van der Waals surface area contributed by atoms with Crippen LogP contribution in [0, 0.1) is 0 Å². The zero-order valence-corrected chi connectivity index (χ0v) is 13.9. The fourth-order valence-corrected chi connectivity index (χ4v) is 5.02. The molecule has 0 spiro atoms. The van der Waals surface area contributed by atoms with Crippen molar-refractivity contribution in [1.29, 1.82) is 0 Å². The fraction of sp³-hybridized carbons (Fsp3) is 0.278. The van der Waals surface area contributed by atoms with Crippen LogP contribution in [-0.4, -0.2) is 37.8 Å². The first-order valence-electron chi connectivity index (χ1n) is 8.05. The molecule has 0 aromatic heterocycles. The van der Waals surface area contributed by atoms with Gasteiger partial charge in [0.25, 0.3) is 0 Å². The van der Waals surface area contributed by atoms with Gasteiger partial charge in [-0.1, -0.05) is 36.4 Å². The van der Waals surface area contributed by atoms with Crippen LogP contribution in [0.2, 0.25) is 0 Å². The van der Waals surface area contributed by atoms with Crippen molar-refractivity contribution in [2.75, 3.05) is 18.0 Å². The third kappa shape index (κ3) is 2.34. The summed E-state index contributed by atoms with van der Waals surface area (Å²) in [6.45, 7) is 1.01. The SMILES string of the molecule is O=C([C@@H]1CCN1S(=O)(=O)c1ccccc1)N1CCc2ccccc21. The number of hydrogen-bond acceptors (Lipinski definition) is 3. The molecule has 4 rings (SSSR count). The zero-order valence-electron chi connectivity index (χ0n) is 13.1. The number of amides is 1. The summed E-state index contributed by atoms with van der Waals surface area (Å²) < 4.78 is 26.8. The smallest absolute Gasteiger partial charge is 0.245 e. The van der Waals surface area contributed by atoms with Crippen LogP contribution >= 0.6 is 0 Å². The topological polar surface area (TPSA) is 57.7 Å². The number of hydrogen-bond donors (Lipinski definition) is 0. The summed E-state index contributed by atoms with van der Waals surface area (Å²) in [5.74, 6) is -0.120. The number of rotatable bonds is 3. The summed E-state index contributed by atoms with van der Waals surface area (Å²) in [6, 6.07) is 15.5. The fourth-order valence-electron chi connectivity index (χ4n) is 3.37. The molecule has 1 atom stereocenters. The van der Waals surface area contributed by atoms with Gasteiger partial charge in [-0.2, -0.15) is 4.31 Å². The van der Waals surface area contributed by atoms with Crippen LogP contribution in [0.3, 0.4) is 0 Å². The Morgan fingerprint density at radius 1 is 0.958 bits per heavy atom. The molecule has 0 N–H and O–H groups in total. The van der Waals surface area contributed by atoms with E-state index in [1.807, 2.05) is 24.3 Å². The van der Waals surface area contributed by atoms with Crippen LogP contribution in [0.5, 0.6) is 0 Å². The van der Waals surface area contributed by atoms with E-state index < -0.39 is 16.1 Å². The van der Waals surface area contributed by atoms with Gasteiger partial charge >= 0.3 is 0 Å². The van der Waals surface area contributed by atoms with Gasteiger partial charge in [0.15, 0.2) is 0 Å². The monoisotopic (exact) mass is 342 g/mol. The Labute approximate surface area is 141 Å². The molecule has 0 saturated carbocycles. The number of anilines is 1. The van der Waals surface area contributed by atoms with Gasteiger partial charge in [-0.15, -0.1) is 0 Å². The molecule has 1 saturated heterocycles. The number of sulfonamides is 1. The van der Waals surface area contributed by atoms with E-state index >= 15 is 0 Å². The van der Waals surface area contributed by atoms with E-state index in [0.29, 0.717) is 19.5 Å². The molecule has 5 nitrogen and oxygen atoms in total. The van der Waals surface area contributed by atoms with Crippen molar-refractivity contribution >= 4 is 21.6 Å². The normalized spacial score (nSPS) is 20.5. The van der Waals surface area contributed by atoms with Crippen molar-refractivity contribution in [2.24, 2.45) is 0 Å². The summed E-state index contributed by atoms with van der Waals surface area (Å²) in [7, 11) is -3.62. The molecule has 2 aliphatic heterocycles. The maximum atomic E-state index is 12.9. The molecule has 0 radical (unpaired) electrons. The van der Waals surface area contributed by atoms with Gasteiger partial charge in [-0.05, 0) is 36.6 Å². The number of para-hydroxylation sites is 1. The van der Waals surface area contributed by atoms with Gasteiger partial charge in [-0.25, -0.2) is 8.42 Å². The Kier molecular flexibility index (Phi) is 3.66. The van der Waals surface area contributed by atoms with Crippen molar-refractivity contribution in [1.82, 2.24) is 4.31 Å². The Balaban J connectivity index is 1.59. The van der Waals surface area contributed by atoms with Gasteiger partial charge in [0.05, 0.1) is 4.90 Å². The van der Waals surface area contributed by atoms with Gasteiger partial charge < -0.3 is 4.90 Å². The molecule has 2 aliphatic rings. The number of carbonyl (C=O) groups is 1. The van der Waals surface area contributed by atoms with Crippen molar-refractivity contribution in [3.8, 4) is 0 Å². The van der Waals surface area contributed by atoms with Crippen LogP contribution in [0.1, 0.15) is 12.0 Å². The molecule has 24 heavy (non-hydrogen) atoms. The van der Waals surface area contributed by atoms with Crippen molar-refractivity contribution in [3.05, 3.63) is 60.2 Å². The van der Waals surface area contributed by atoms with Crippen molar-refractivity contribution < 1.29 is 13.2 Å². The van der Waals surface area contributed by atoms with E-state index in [-0.39, 0.29) is 10.8 Å². The average Bonchev–Trinajstić information content (AvgIpc) is 2.98. The van der Waals surface area contributed by atoms with E-state index in [9.17, 15) is 13.2 Å². The minimum atomic E-state index is -3.62. The van der Waals surface area contributed by atoms with Gasteiger partial charge in [0.1, 0.15) is 6.04 Å². The Morgan fingerprint density at radius 3 is 2.38 bits per heavy atom. The summed E-state index contributed by atoms with van der Waals surface area (Å²) >= 11 is 0. The third-order valence-corrected chi connectivity index (χ3v) is 6.68. The summed E-state index contributed by atoms with van der Waals surface area (Å²) in [4.78, 5) is 14.9. The highest BCUT2D eigenvalue weighted by Gasteiger charge is 2.45. The predicted molar refractivity (Wildman–Crippen MR) is 91.2 cm³/mol. The summed E-state index contributed by atoms with van der Waals surface area (Å²) in [5.41, 5.74) is 2.05. The molecule has 0 aliphatic carbocycles. The molecule has 2 aromatic carbocycles. The molecular weight excluding hydrogens is 324 g/mol. The Morgan fingerprint density at radius 2 is 1.67 bits per heavy atom. The molecule has 2 aromatic rings. The molecule has 124 valence electrons. The predicted octanol–water partition coefficient (Wildman–Crippen LogP) is 2.04. The van der Waals surface area contributed by atoms with Crippen LogP contribution in [0.25, 0.3) is 0 Å². The Bertz CT molecular complexity index is 880. The molecule has 2 heterocycles. The number of carbonyl (C=O) groups excluding carboxylic acids is 1. The molecule has 0 bridgehead atoms. The highest BCUT2D eigenvalue weighted by molar-refractivity contribution is 7.89. The van der Waals surface area contributed by atoms with Crippen molar-refractivity contribution in [2.45, 2.75) is 23.8 Å². The molecular formula is C18H18N2O3S. The first-order chi connectivity index (χ1) is 11.6. The molecule has 0 unspecified atom stereocenters. The lowest BCUT2D eigenvalue weighted by Gasteiger charge is -2.40. The second-order valence-corrected chi connectivity index (χ2v) is 7.99. The van der Waals surface area contributed by atoms with E-state index in [2.05, 4.69) is 0 Å². The van der Waals surface area contributed by atoms with Gasteiger partial charge in [-0.3, -0.25) is 4.79 Å². The number of nitrogens with zero attached hydrogens (tertiary/aromatic N) is 2. The van der Waals surface area contributed by atoms with Crippen LogP contribution in [0.4, 0.5) is 5.69 Å². The maximum Gasteiger partial charge on any atom is 0.245 e. The lowest BCUT2D eigenvalue weighted by atomic mass is 10.1. The van der Waals surface area contributed by atoms with Gasteiger partial charge in [0, 0.05) is 18.8 Å². The average molecular weight is 342 g/mol. The summed E-state index contributed by atoms with van der Waals surface area (Å²) in [6.07, 6.45) is 1.39. The zero-order chi connectivity index (χ0) is 16.7. The quantitative estimate of drug-likeness (QED) is 0.858. The highest BCUT2D eigenvalue weighted by atomic mass is 32.2. The van der Waals surface area contributed by atoms with E-state index in [0.717, 1.165) is 17.7 Å². The largest absolute Gasteiger partial charge is 0.310 e. The van der Waals surface area contributed by atoms with E-state index in [1.165, 1.54) is 4.31 Å². The Hall–Kier alpha value is -2.18. The second kappa shape index (κ2) is 5.72. The van der Waals surface area contributed by atoms with E-state index in [1.54, 1.807) is 35.2 Å². The lowest BCUT2D eigenvalue weighted by molar-refractivity contribution is -0.124. The lowest BCUT2D eigenvalue weighted by Crippen LogP contribution is -2.58. The molecule has 6 heteroatoms. The number of fused-ring (bicyclic) bond motifs is 1. The third-order valence-electron chi connectivity index (χ3n) is 4.76. The van der Waals surface area contributed by atoms with E-state index in [4.69, 9.17) is 0 Å². The summed E-state index contributed by atoms with van der Waals surface area (Å²) in [5, 5.41) is 0. The minimum Gasteiger partial charge on any atom is -0.310 e. The number of benzene rings is 2. The van der Waals surface area contributed by atoms with Crippen LogP contribution in [0.15, 0.2) is 59.5 Å². The first-order valence-corrected chi connectivity index (χ1v) is 9.49. The second-order valence-electron chi connectivity index (χ2n) is 6.10. The minimum absolute atomic E-state index is 0.120. The van der Waals surface area contributed by atoms with Gasteiger partial charge in [0.2, 0.25) is 15.9 Å². The standard InChI is InChI=1S/C18H18N2O3S/c21-18(19-12-10-14-6-4-5-9-16(14)19)17-11-13-20(17)24(22,23)15-7-2-1-3-8-15/h1-9,17H,10-13H2/t17-/m0/s1. The van der Waals surface area contributed by atoms with Crippen molar-refractivity contribution in [3.63, 3.8) is 0 Å². The molecule has 1 amide bonds. The maximum absolute atomic E-state index is 12.9. The molecule has 1 fully saturated rings. The van der Waals surface area contributed by atoms with Crippen LogP contribution in [-0.2, 0) is 21.2 Å².